The van der Waals surface area contributed by atoms with Gasteiger partial charge in [-0.1, -0.05) is 22.6 Å². The zero-order valence-electron chi connectivity index (χ0n) is 6.26. The average molecular weight is 299 g/mol. The van der Waals surface area contributed by atoms with Crippen molar-refractivity contribution in [1.29, 1.82) is 0 Å². The molecule has 1 aromatic carbocycles. The molecule has 0 unspecified atom stereocenters. The van der Waals surface area contributed by atoms with Gasteiger partial charge in [-0.25, -0.2) is 4.39 Å². The number of alkyl halides is 1. The number of nitrogens with zero attached hydrogens (tertiary/aromatic N) is 1. The minimum absolute atomic E-state index is 0.0666. The van der Waals surface area contributed by atoms with Crippen molar-refractivity contribution in [3.05, 3.63) is 39.4 Å². The van der Waals surface area contributed by atoms with Crippen molar-refractivity contribution in [2.75, 3.05) is 0 Å². The summed E-state index contributed by atoms with van der Waals surface area (Å²) in [7, 11) is 0. The van der Waals surface area contributed by atoms with Crippen LogP contribution in [0.15, 0.2) is 12.1 Å². The van der Waals surface area contributed by atoms with Gasteiger partial charge in [-0.2, -0.15) is 4.39 Å². The first-order chi connectivity index (χ1) is 6.07. The third-order valence-electron chi connectivity index (χ3n) is 1.50. The van der Waals surface area contributed by atoms with Crippen LogP contribution in [-0.4, -0.2) is 4.92 Å². The number of benzene rings is 1. The Bertz CT molecular complexity index is 357. The van der Waals surface area contributed by atoms with E-state index in [0.29, 0.717) is 0 Å². The largest absolute Gasteiger partial charge is 0.305 e. The first-order valence-electron chi connectivity index (χ1n) is 3.25. The lowest BCUT2D eigenvalue weighted by Gasteiger charge is -2.00. The maximum Gasteiger partial charge on any atom is 0.305 e. The molecular formula is C7H4F2INO2. The second-order valence-electron chi connectivity index (χ2n) is 2.25. The summed E-state index contributed by atoms with van der Waals surface area (Å²) in [6.07, 6.45) is 0. The smallest absolute Gasteiger partial charge is 0.258 e. The fourth-order valence-corrected chi connectivity index (χ4v) is 1.55. The van der Waals surface area contributed by atoms with Gasteiger partial charge in [0.15, 0.2) is 0 Å². The number of nitro groups is 1. The molecule has 0 fully saturated rings. The van der Waals surface area contributed by atoms with Gasteiger partial charge in [0.1, 0.15) is 5.82 Å². The Morgan fingerprint density at radius 2 is 2.08 bits per heavy atom. The molecule has 0 bridgehead atoms. The summed E-state index contributed by atoms with van der Waals surface area (Å²) in [5, 5.41) is 10.2. The highest BCUT2D eigenvalue weighted by molar-refractivity contribution is 14.1. The van der Waals surface area contributed by atoms with Crippen LogP contribution in [0.1, 0.15) is 5.56 Å². The van der Waals surface area contributed by atoms with E-state index in [-0.39, 0.29) is 9.99 Å². The molecule has 13 heavy (non-hydrogen) atoms. The van der Waals surface area contributed by atoms with Crippen LogP contribution in [-0.2, 0) is 4.43 Å². The Kier molecular flexibility index (Phi) is 3.12. The van der Waals surface area contributed by atoms with E-state index in [1.807, 2.05) is 0 Å². The molecule has 3 nitrogen and oxygen atoms in total. The van der Waals surface area contributed by atoms with E-state index in [9.17, 15) is 18.9 Å². The number of halogens is 3. The SMILES string of the molecule is O=[N+]([O-])c1ccc(F)c(CI)c1F. The van der Waals surface area contributed by atoms with Crippen molar-refractivity contribution in [1.82, 2.24) is 0 Å². The van der Waals surface area contributed by atoms with Gasteiger partial charge in [-0.15, -0.1) is 0 Å². The lowest BCUT2D eigenvalue weighted by atomic mass is 10.2. The van der Waals surface area contributed by atoms with Crippen molar-refractivity contribution in [2.24, 2.45) is 0 Å². The summed E-state index contributed by atoms with van der Waals surface area (Å²) in [5.41, 5.74) is -0.942. The molecule has 0 aliphatic heterocycles. The third kappa shape index (κ3) is 1.93. The molecule has 0 aromatic heterocycles. The molecule has 1 aromatic rings. The molecule has 0 heterocycles. The highest BCUT2D eigenvalue weighted by Crippen LogP contribution is 2.24. The zero-order chi connectivity index (χ0) is 10.0. The van der Waals surface area contributed by atoms with Crippen LogP contribution in [0.3, 0.4) is 0 Å². The highest BCUT2D eigenvalue weighted by atomic mass is 127. The summed E-state index contributed by atoms with van der Waals surface area (Å²) >= 11 is 1.74. The van der Waals surface area contributed by atoms with Crippen molar-refractivity contribution in [3.8, 4) is 0 Å². The molecule has 6 heteroatoms. The van der Waals surface area contributed by atoms with Gasteiger partial charge >= 0.3 is 5.69 Å². The molecule has 0 atom stereocenters. The molecule has 1 rings (SSSR count). The average Bonchev–Trinajstić information content (AvgIpc) is 2.04. The van der Waals surface area contributed by atoms with Gasteiger partial charge in [0.05, 0.1) is 4.92 Å². The second kappa shape index (κ2) is 3.95. The van der Waals surface area contributed by atoms with Crippen LogP contribution in [0.4, 0.5) is 14.5 Å². The van der Waals surface area contributed by atoms with Crippen molar-refractivity contribution >= 4 is 28.3 Å². The quantitative estimate of drug-likeness (QED) is 0.365. The Hall–Kier alpha value is -0.790. The lowest BCUT2D eigenvalue weighted by Crippen LogP contribution is -1.98. The van der Waals surface area contributed by atoms with Gasteiger partial charge in [0.2, 0.25) is 5.82 Å². The molecule has 0 amide bonds. The maximum atomic E-state index is 13.1. The van der Waals surface area contributed by atoms with Gasteiger partial charge in [-0.05, 0) is 6.07 Å². The Morgan fingerprint density at radius 1 is 1.46 bits per heavy atom. The van der Waals surface area contributed by atoms with Crippen LogP contribution >= 0.6 is 22.6 Å². The van der Waals surface area contributed by atoms with E-state index in [1.54, 1.807) is 22.6 Å². The third-order valence-corrected chi connectivity index (χ3v) is 2.26. The van der Waals surface area contributed by atoms with Gasteiger partial charge in [-0.3, -0.25) is 10.1 Å². The van der Waals surface area contributed by atoms with Gasteiger partial charge in [0.25, 0.3) is 0 Å². The molecule has 0 spiro atoms. The van der Waals surface area contributed by atoms with E-state index in [2.05, 4.69) is 0 Å². The van der Waals surface area contributed by atoms with E-state index < -0.39 is 22.2 Å². The van der Waals surface area contributed by atoms with Crippen molar-refractivity contribution in [3.63, 3.8) is 0 Å². The predicted molar refractivity (Wildman–Crippen MR) is 50.7 cm³/mol. The molecule has 0 saturated carbocycles. The molecule has 0 aliphatic carbocycles. The summed E-state index contributed by atoms with van der Waals surface area (Å²) in [6, 6.07) is 1.72. The Labute approximate surface area is 86.0 Å². The summed E-state index contributed by atoms with van der Waals surface area (Å²) in [6.45, 7) is 0. The monoisotopic (exact) mass is 299 g/mol. The number of nitro benzene ring substituents is 1. The minimum Gasteiger partial charge on any atom is -0.258 e. The van der Waals surface area contributed by atoms with E-state index >= 15 is 0 Å². The van der Waals surface area contributed by atoms with E-state index in [1.165, 1.54) is 0 Å². The topological polar surface area (TPSA) is 43.1 Å². The Morgan fingerprint density at radius 3 is 2.54 bits per heavy atom. The standard InChI is InChI=1S/C7H4F2INO2/c8-5-1-2-6(11(12)13)7(9)4(5)3-10/h1-2H,3H2. The maximum absolute atomic E-state index is 13.1. The van der Waals surface area contributed by atoms with Crippen LogP contribution in [0.25, 0.3) is 0 Å². The second-order valence-corrected chi connectivity index (χ2v) is 3.01. The number of hydrogen-bond acceptors (Lipinski definition) is 2. The van der Waals surface area contributed by atoms with Gasteiger partial charge < -0.3 is 0 Å². The molecule has 0 radical (unpaired) electrons. The minimum atomic E-state index is -1.08. The first-order valence-corrected chi connectivity index (χ1v) is 4.77. The number of rotatable bonds is 2. The predicted octanol–water partition coefficient (Wildman–Crippen LogP) is 2.81. The van der Waals surface area contributed by atoms with E-state index in [0.717, 1.165) is 12.1 Å². The molecule has 70 valence electrons. The Balaban J connectivity index is 3.35. The molecule has 0 N–H and O–H groups in total. The zero-order valence-corrected chi connectivity index (χ0v) is 8.42. The van der Waals surface area contributed by atoms with Crippen molar-refractivity contribution in [2.45, 2.75) is 4.43 Å². The van der Waals surface area contributed by atoms with Gasteiger partial charge in [0, 0.05) is 16.1 Å². The van der Waals surface area contributed by atoms with Crippen LogP contribution in [0, 0.1) is 21.7 Å². The summed E-state index contributed by atoms with van der Waals surface area (Å²) in [4.78, 5) is 9.37. The van der Waals surface area contributed by atoms with E-state index in [4.69, 9.17) is 0 Å². The fourth-order valence-electron chi connectivity index (χ4n) is 0.849. The lowest BCUT2D eigenvalue weighted by molar-refractivity contribution is -0.387. The fraction of sp³-hybridized carbons (Fsp3) is 0.143. The van der Waals surface area contributed by atoms with Crippen molar-refractivity contribution < 1.29 is 13.7 Å². The normalized spacial score (nSPS) is 10.1. The first kappa shape index (κ1) is 10.3. The molecule has 0 saturated heterocycles. The number of hydrogen-bond donors (Lipinski definition) is 0. The highest BCUT2D eigenvalue weighted by Gasteiger charge is 2.19. The summed E-state index contributed by atoms with van der Waals surface area (Å²) < 4.78 is 26.0. The molecule has 0 aliphatic rings. The molecular weight excluding hydrogens is 295 g/mol. The van der Waals surface area contributed by atoms with Crippen LogP contribution in [0.2, 0.25) is 0 Å². The van der Waals surface area contributed by atoms with Crippen LogP contribution in [0.5, 0.6) is 0 Å². The summed E-state index contributed by atoms with van der Waals surface area (Å²) in [5.74, 6) is -1.84. The van der Waals surface area contributed by atoms with Crippen LogP contribution < -0.4 is 0 Å².